The van der Waals surface area contributed by atoms with E-state index in [0.717, 1.165) is 25.9 Å². The summed E-state index contributed by atoms with van der Waals surface area (Å²) < 4.78 is 38.4. The number of hydrogen-bond donors (Lipinski definition) is 0. The van der Waals surface area contributed by atoms with Crippen LogP contribution in [0.15, 0.2) is 0 Å². The van der Waals surface area contributed by atoms with Crippen molar-refractivity contribution in [2.75, 3.05) is 46.0 Å². The molecular formula is C14H26N2O4S. The van der Waals surface area contributed by atoms with Crippen molar-refractivity contribution in [2.45, 2.75) is 43.6 Å². The first-order chi connectivity index (χ1) is 9.93. The van der Waals surface area contributed by atoms with Crippen LogP contribution in [0.5, 0.6) is 0 Å². The molecule has 2 aliphatic heterocycles. The second kappa shape index (κ2) is 5.77. The maximum atomic E-state index is 12.5. The van der Waals surface area contributed by atoms with Gasteiger partial charge in [0, 0.05) is 32.2 Å². The largest absolute Gasteiger partial charge is 0.377 e. The highest BCUT2D eigenvalue weighted by atomic mass is 32.2. The van der Waals surface area contributed by atoms with Gasteiger partial charge in [0.05, 0.1) is 25.1 Å². The molecule has 0 amide bonds. The Hall–Kier alpha value is -0.210. The molecule has 0 aromatic carbocycles. The van der Waals surface area contributed by atoms with E-state index in [1.54, 1.807) is 4.31 Å². The molecule has 0 aromatic heterocycles. The summed E-state index contributed by atoms with van der Waals surface area (Å²) in [6.45, 7) is 8.44. The predicted molar refractivity (Wildman–Crippen MR) is 79.7 cm³/mol. The van der Waals surface area contributed by atoms with E-state index in [4.69, 9.17) is 9.47 Å². The molecule has 0 unspecified atom stereocenters. The molecule has 1 atom stereocenters. The quantitative estimate of drug-likeness (QED) is 0.749. The lowest BCUT2D eigenvalue weighted by atomic mass is 10.0. The van der Waals surface area contributed by atoms with E-state index in [-0.39, 0.29) is 5.25 Å². The highest BCUT2D eigenvalue weighted by molar-refractivity contribution is 7.90. The van der Waals surface area contributed by atoms with Gasteiger partial charge in [0.2, 0.25) is 10.0 Å². The van der Waals surface area contributed by atoms with Crippen LogP contribution in [0.2, 0.25) is 0 Å². The Morgan fingerprint density at radius 2 is 1.90 bits per heavy atom. The number of nitrogens with zero attached hydrogens (tertiary/aromatic N) is 2. The average molecular weight is 318 g/mol. The summed E-state index contributed by atoms with van der Waals surface area (Å²) in [6.07, 6.45) is 1.61. The molecule has 3 rings (SSSR count). The topological polar surface area (TPSA) is 59.1 Å². The normalized spacial score (nSPS) is 33.5. The van der Waals surface area contributed by atoms with Crippen molar-refractivity contribution in [3.63, 3.8) is 0 Å². The average Bonchev–Trinajstić information content (AvgIpc) is 3.26. The molecule has 122 valence electrons. The third-order valence-electron chi connectivity index (χ3n) is 4.63. The molecule has 1 saturated carbocycles. The first-order valence-electron chi connectivity index (χ1n) is 7.88. The van der Waals surface area contributed by atoms with Crippen molar-refractivity contribution in [1.82, 2.24) is 9.21 Å². The SMILES string of the molecule is CC(C)N1CCOC[C@]2(C1)CN(S(=O)(=O)C1CC1)CCO2. The van der Waals surface area contributed by atoms with E-state index in [1.165, 1.54) is 0 Å². The minimum Gasteiger partial charge on any atom is -0.377 e. The van der Waals surface area contributed by atoms with Crippen molar-refractivity contribution in [3.8, 4) is 0 Å². The van der Waals surface area contributed by atoms with Crippen molar-refractivity contribution in [1.29, 1.82) is 0 Å². The molecule has 0 radical (unpaired) electrons. The maximum Gasteiger partial charge on any atom is 0.217 e. The highest BCUT2D eigenvalue weighted by Crippen LogP contribution is 2.34. The van der Waals surface area contributed by atoms with Crippen LogP contribution in [0, 0.1) is 0 Å². The van der Waals surface area contributed by atoms with Crippen LogP contribution in [0.4, 0.5) is 0 Å². The van der Waals surface area contributed by atoms with Gasteiger partial charge in [-0.25, -0.2) is 8.42 Å². The Balaban J connectivity index is 1.76. The van der Waals surface area contributed by atoms with Gasteiger partial charge >= 0.3 is 0 Å². The zero-order valence-electron chi connectivity index (χ0n) is 13.0. The molecule has 0 aromatic rings. The number of ether oxygens (including phenoxy) is 2. The first kappa shape index (κ1) is 15.7. The molecule has 3 fully saturated rings. The standard InChI is InChI=1S/C14H26N2O4S/c1-12(2)15-5-7-19-11-14(9-15)10-16(6-8-20-14)21(17,18)13-3-4-13/h12-13H,3-11H2,1-2H3/t14-/m0/s1. The van der Waals surface area contributed by atoms with Gasteiger partial charge in [0.25, 0.3) is 0 Å². The lowest BCUT2D eigenvalue weighted by molar-refractivity contribution is -0.127. The van der Waals surface area contributed by atoms with Crippen LogP contribution in [-0.2, 0) is 19.5 Å². The van der Waals surface area contributed by atoms with Crippen LogP contribution < -0.4 is 0 Å². The molecule has 1 aliphatic carbocycles. The summed E-state index contributed by atoms with van der Waals surface area (Å²) >= 11 is 0. The van der Waals surface area contributed by atoms with Gasteiger partial charge in [-0.1, -0.05) is 0 Å². The maximum absolute atomic E-state index is 12.5. The van der Waals surface area contributed by atoms with Gasteiger partial charge in [-0.15, -0.1) is 0 Å². The Labute approximate surface area is 127 Å². The van der Waals surface area contributed by atoms with E-state index in [0.29, 0.717) is 39.0 Å². The lowest BCUT2D eigenvalue weighted by Gasteiger charge is -2.43. The number of morpholine rings is 1. The van der Waals surface area contributed by atoms with Gasteiger partial charge in [0.15, 0.2) is 0 Å². The predicted octanol–water partition coefficient (Wildman–Crippen LogP) is 0.290. The lowest BCUT2D eigenvalue weighted by Crippen LogP contribution is -2.60. The van der Waals surface area contributed by atoms with E-state index in [2.05, 4.69) is 18.7 Å². The van der Waals surface area contributed by atoms with Crippen LogP contribution in [0.1, 0.15) is 26.7 Å². The smallest absolute Gasteiger partial charge is 0.217 e. The van der Waals surface area contributed by atoms with Gasteiger partial charge in [-0.2, -0.15) is 4.31 Å². The fraction of sp³-hybridized carbons (Fsp3) is 1.00. The summed E-state index contributed by atoms with van der Waals surface area (Å²) in [5, 5.41) is -0.152. The van der Waals surface area contributed by atoms with Crippen molar-refractivity contribution < 1.29 is 17.9 Å². The van der Waals surface area contributed by atoms with E-state index in [1.807, 2.05) is 0 Å². The van der Waals surface area contributed by atoms with Crippen LogP contribution in [0.25, 0.3) is 0 Å². The van der Waals surface area contributed by atoms with E-state index < -0.39 is 15.6 Å². The van der Waals surface area contributed by atoms with E-state index in [9.17, 15) is 8.42 Å². The number of hydrogen-bond acceptors (Lipinski definition) is 5. The molecule has 6 nitrogen and oxygen atoms in total. The first-order valence-corrected chi connectivity index (χ1v) is 9.38. The molecule has 0 bridgehead atoms. The Morgan fingerprint density at radius 1 is 1.14 bits per heavy atom. The van der Waals surface area contributed by atoms with Gasteiger partial charge in [0.1, 0.15) is 5.60 Å². The van der Waals surface area contributed by atoms with Crippen LogP contribution >= 0.6 is 0 Å². The summed E-state index contributed by atoms with van der Waals surface area (Å²) in [5.74, 6) is 0. The van der Waals surface area contributed by atoms with E-state index >= 15 is 0 Å². The molecule has 2 saturated heterocycles. The van der Waals surface area contributed by atoms with Gasteiger partial charge < -0.3 is 9.47 Å². The van der Waals surface area contributed by atoms with Gasteiger partial charge in [-0.05, 0) is 26.7 Å². The summed E-state index contributed by atoms with van der Waals surface area (Å²) in [4.78, 5) is 2.32. The van der Waals surface area contributed by atoms with Crippen LogP contribution in [0.3, 0.4) is 0 Å². The Kier molecular flexibility index (Phi) is 4.31. The third-order valence-corrected chi connectivity index (χ3v) is 6.97. The monoisotopic (exact) mass is 318 g/mol. The minimum absolute atomic E-state index is 0.152. The van der Waals surface area contributed by atoms with Crippen LogP contribution in [-0.4, -0.2) is 80.5 Å². The van der Waals surface area contributed by atoms with Crippen molar-refractivity contribution in [2.24, 2.45) is 0 Å². The number of sulfonamides is 1. The fourth-order valence-corrected chi connectivity index (χ4v) is 5.06. The fourth-order valence-electron chi connectivity index (χ4n) is 3.16. The second-order valence-electron chi connectivity index (χ2n) is 6.73. The summed E-state index contributed by atoms with van der Waals surface area (Å²) in [6, 6.07) is 0.405. The molecule has 0 N–H and O–H groups in total. The zero-order valence-corrected chi connectivity index (χ0v) is 13.8. The van der Waals surface area contributed by atoms with Gasteiger partial charge in [-0.3, -0.25) is 4.90 Å². The molecular weight excluding hydrogens is 292 g/mol. The Bertz CT molecular complexity index is 477. The molecule has 21 heavy (non-hydrogen) atoms. The van der Waals surface area contributed by atoms with Crippen molar-refractivity contribution in [3.05, 3.63) is 0 Å². The highest BCUT2D eigenvalue weighted by Gasteiger charge is 2.47. The summed E-state index contributed by atoms with van der Waals surface area (Å²) in [5.41, 5.74) is -0.513. The molecule has 7 heteroatoms. The molecule has 3 aliphatic rings. The number of rotatable bonds is 3. The molecule has 1 spiro atoms. The molecule has 2 heterocycles. The second-order valence-corrected chi connectivity index (χ2v) is 8.94. The van der Waals surface area contributed by atoms with Crippen molar-refractivity contribution >= 4 is 10.0 Å². The Morgan fingerprint density at radius 3 is 2.57 bits per heavy atom. The zero-order chi connectivity index (χ0) is 15.1. The summed E-state index contributed by atoms with van der Waals surface area (Å²) in [7, 11) is -3.13. The minimum atomic E-state index is -3.13. The third kappa shape index (κ3) is 3.27.